The van der Waals surface area contributed by atoms with E-state index in [4.69, 9.17) is 5.73 Å². The molecule has 0 aromatic heterocycles. The first kappa shape index (κ1) is 15.4. The van der Waals surface area contributed by atoms with Gasteiger partial charge in [0.1, 0.15) is 0 Å². The highest BCUT2D eigenvalue weighted by Crippen LogP contribution is 2.16. The average Bonchev–Trinajstić information content (AvgIpc) is 2.22. The lowest BCUT2D eigenvalue weighted by Crippen LogP contribution is -2.48. The number of carbonyl (C=O) groups excluding carboxylic acids is 1. The molecule has 0 heterocycles. The molecule has 1 amide bonds. The summed E-state index contributed by atoms with van der Waals surface area (Å²) in [7, 11) is 4.11. The Morgan fingerprint density at radius 1 is 1.31 bits per heavy atom. The molecule has 4 nitrogen and oxygen atoms in total. The van der Waals surface area contributed by atoms with Crippen molar-refractivity contribution < 1.29 is 4.79 Å². The third kappa shape index (κ3) is 4.94. The molecular weight excluding hydrogens is 202 g/mol. The summed E-state index contributed by atoms with van der Waals surface area (Å²) in [4.78, 5) is 13.6. The molecule has 0 spiro atoms. The van der Waals surface area contributed by atoms with Gasteiger partial charge in [-0.3, -0.25) is 4.79 Å². The third-order valence-corrected chi connectivity index (χ3v) is 3.16. The molecule has 0 bridgehead atoms. The maximum atomic E-state index is 11.4. The number of carbonyl (C=O) groups is 1. The summed E-state index contributed by atoms with van der Waals surface area (Å²) < 4.78 is 0. The van der Waals surface area contributed by atoms with Gasteiger partial charge in [-0.15, -0.1) is 0 Å². The SMILES string of the molecule is CCC(CC)C(CNC(=O)[C@@H](C)N)N(C)C. The van der Waals surface area contributed by atoms with Gasteiger partial charge in [0, 0.05) is 12.6 Å². The number of amides is 1. The van der Waals surface area contributed by atoms with Crippen LogP contribution >= 0.6 is 0 Å². The van der Waals surface area contributed by atoms with Gasteiger partial charge in [-0.25, -0.2) is 0 Å². The Labute approximate surface area is 99.6 Å². The van der Waals surface area contributed by atoms with Gasteiger partial charge >= 0.3 is 0 Å². The number of likely N-dealkylation sites (N-methyl/N-ethyl adjacent to an activating group) is 1. The smallest absolute Gasteiger partial charge is 0.236 e. The number of hydrogen-bond acceptors (Lipinski definition) is 3. The molecule has 0 rings (SSSR count). The Morgan fingerprint density at radius 3 is 2.12 bits per heavy atom. The first-order valence-electron chi connectivity index (χ1n) is 6.13. The summed E-state index contributed by atoms with van der Waals surface area (Å²) in [6, 6.07) is -0.0396. The van der Waals surface area contributed by atoms with E-state index in [2.05, 4.69) is 38.2 Å². The molecule has 4 heteroatoms. The van der Waals surface area contributed by atoms with E-state index in [1.54, 1.807) is 6.92 Å². The summed E-state index contributed by atoms with van der Waals surface area (Å²) in [6.45, 7) is 6.77. The number of nitrogens with one attached hydrogen (secondary N) is 1. The Hall–Kier alpha value is -0.610. The Balaban J connectivity index is 4.29. The van der Waals surface area contributed by atoms with Crippen molar-refractivity contribution in [1.29, 1.82) is 0 Å². The van der Waals surface area contributed by atoms with Crippen molar-refractivity contribution in [2.24, 2.45) is 11.7 Å². The number of hydrogen-bond donors (Lipinski definition) is 2. The van der Waals surface area contributed by atoms with Crippen LogP contribution in [-0.4, -0.2) is 43.5 Å². The summed E-state index contributed by atoms with van der Waals surface area (Å²) in [5, 5.41) is 2.91. The maximum Gasteiger partial charge on any atom is 0.236 e. The van der Waals surface area contributed by atoms with Gasteiger partial charge in [0.05, 0.1) is 6.04 Å². The molecule has 96 valence electrons. The highest BCUT2D eigenvalue weighted by atomic mass is 16.2. The fourth-order valence-electron chi connectivity index (χ4n) is 1.97. The molecule has 0 radical (unpaired) electrons. The van der Waals surface area contributed by atoms with Crippen molar-refractivity contribution in [2.45, 2.75) is 45.7 Å². The van der Waals surface area contributed by atoms with Crippen molar-refractivity contribution >= 4 is 5.91 Å². The third-order valence-electron chi connectivity index (χ3n) is 3.16. The standard InChI is InChI=1S/C12H27N3O/c1-6-10(7-2)11(15(4)5)8-14-12(16)9(3)13/h9-11H,6-8,13H2,1-5H3,(H,14,16)/t9-,11?/m1/s1. The van der Waals surface area contributed by atoms with Crippen LogP contribution in [0.25, 0.3) is 0 Å². The van der Waals surface area contributed by atoms with Crippen LogP contribution in [0.3, 0.4) is 0 Å². The van der Waals surface area contributed by atoms with Crippen molar-refractivity contribution in [1.82, 2.24) is 10.2 Å². The molecular formula is C12H27N3O. The van der Waals surface area contributed by atoms with Crippen LogP contribution in [0.4, 0.5) is 0 Å². The second-order valence-electron chi connectivity index (χ2n) is 4.64. The summed E-state index contributed by atoms with van der Waals surface area (Å²) in [5.74, 6) is 0.543. The predicted octanol–water partition coefficient (Wildman–Crippen LogP) is 0.816. The van der Waals surface area contributed by atoms with Gasteiger partial charge in [0.2, 0.25) is 5.91 Å². The lowest BCUT2D eigenvalue weighted by molar-refractivity contribution is -0.122. The molecule has 0 aromatic rings. The molecule has 1 unspecified atom stereocenters. The number of nitrogens with two attached hydrogens (primary N) is 1. The van der Waals surface area contributed by atoms with Crippen LogP contribution in [0.1, 0.15) is 33.6 Å². The van der Waals surface area contributed by atoms with E-state index in [1.807, 2.05) is 0 Å². The topological polar surface area (TPSA) is 58.4 Å². The quantitative estimate of drug-likeness (QED) is 0.679. The van der Waals surface area contributed by atoms with E-state index < -0.39 is 6.04 Å². The monoisotopic (exact) mass is 229 g/mol. The van der Waals surface area contributed by atoms with Gasteiger partial charge in [-0.1, -0.05) is 26.7 Å². The van der Waals surface area contributed by atoms with Gasteiger partial charge in [-0.05, 0) is 26.9 Å². The molecule has 0 aromatic carbocycles. The minimum atomic E-state index is -0.426. The lowest BCUT2D eigenvalue weighted by Gasteiger charge is -2.31. The normalized spacial score (nSPS) is 15.2. The van der Waals surface area contributed by atoms with Crippen LogP contribution in [-0.2, 0) is 4.79 Å². The van der Waals surface area contributed by atoms with E-state index in [0.29, 0.717) is 18.5 Å². The van der Waals surface area contributed by atoms with Gasteiger partial charge < -0.3 is 16.0 Å². The molecule has 0 fully saturated rings. The highest BCUT2D eigenvalue weighted by Gasteiger charge is 2.21. The average molecular weight is 229 g/mol. The van der Waals surface area contributed by atoms with Gasteiger partial charge in [-0.2, -0.15) is 0 Å². The first-order chi connectivity index (χ1) is 7.43. The molecule has 0 aliphatic heterocycles. The van der Waals surface area contributed by atoms with Crippen LogP contribution < -0.4 is 11.1 Å². The van der Waals surface area contributed by atoms with Crippen molar-refractivity contribution in [3.63, 3.8) is 0 Å². The van der Waals surface area contributed by atoms with Crippen molar-refractivity contribution in [3.05, 3.63) is 0 Å². The van der Waals surface area contributed by atoms with Crippen molar-refractivity contribution in [2.75, 3.05) is 20.6 Å². The Morgan fingerprint density at radius 2 is 1.81 bits per heavy atom. The zero-order valence-corrected chi connectivity index (χ0v) is 11.3. The second kappa shape index (κ2) is 7.63. The van der Waals surface area contributed by atoms with E-state index in [0.717, 1.165) is 12.8 Å². The zero-order valence-electron chi connectivity index (χ0n) is 11.3. The van der Waals surface area contributed by atoms with E-state index in [1.165, 1.54) is 0 Å². The minimum absolute atomic E-state index is 0.0715. The van der Waals surface area contributed by atoms with Gasteiger partial charge in [0.25, 0.3) is 0 Å². The van der Waals surface area contributed by atoms with E-state index in [-0.39, 0.29) is 5.91 Å². The number of nitrogens with zero attached hydrogens (tertiary/aromatic N) is 1. The van der Waals surface area contributed by atoms with E-state index in [9.17, 15) is 4.79 Å². The largest absolute Gasteiger partial charge is 0.353 e. The fourth-order valence-corrected chi connectivity index (χ4v) is 1.97. The molecule has 0 aliphatic carbocycles. The summed E-state index contributed by atoms with van der Waals surface area (Å²) >= 11 is 0. The second-order valence-corrected chi connectivity index (χ2v) is 4.64. The predicted molar refractivity (Wildman–Crippen MR) is 68.2 cm³/mol. The summed E-state index contributed by atoms with van der Waals surface area (Å²) in [5.41, 5.74) is 5.51. The maximum absolute atomic E-state index is 11.4. The molecule has 0 saturated carbocycles. The Bertz CT molecular complexity index is 200. The fraction of sp³-hybridized carbons (Fsp3) is 0.917. The molecule has 0 saturated heterocycles. The van der Waals surface area contributed by atoms with Crippen LogP contribution in [0.5, 0.6) is 0 Å². The molecule has 16 heavy (non-hydrogen) atoms. The van der Waals surface area contributed by atoms with E-state index >= 15 is 0 Å². The Kier molecular flexibility index (Phi) is 7.34. The molecule has 0 aliphatic rings. The van der Waals surface area contributed by atoms with Gasteiger partial charge in [0.15, 0.2) is 0 Å². The molecule has 2 atom stereocenters. The zero-order chi connectivity index (χ0) is 12.7. The lowest BCUT2D eigenvalue weighted by atomic mass is 9.93. The molecule has 3 N–H and O–H groups in total. The van der Waals surface area contributed by atoms with Crippen LogP contribution in [0.15, 0.2) is 0 Å². The minimum Gasteiger partial charge on any atom is -0.353 e. The summed E-state index contributed by atoms with van der Waals surface area (Å²) in [6.07, 6.45) is 2.26. The highest BCUT2D eigenvalue weighted by molar-refractivity contribution is 5.80. The van der Waals surface area contributed by atoms with Crippen molar-refractivity contribution in [3.8, 4) is 0 Å². The van der Waals surface area contributed by atoms with Crippen LogP contribution in [0.2, 0.25) is 0 Å². The van der Waals surface area contributed by atoms with Crippen LogP contribution in [0, 0.1) is 5.92 Å². The first-order valence-corrected chi connectivity index (χ1v) is 6.13. The number of rotatable bonds is 7.